The van der Waals surface area contributed by atoms with Gasteiger partial charge in [-0.2, -0.15) is 0 Å². The number of esters is 1. The van der Waals surface area contributed by atoms with Crippen LogP contribution in [0.4, 0.5) is 4.39 Å². The number of carbonyl (C=O) groups excluding carboxylic acids is 1. The maximum absolute atomic E-state index is 13.1. The van der Waals surface area contributed by atoms with Gasteiger partial charge in [-0.3, -0.25) is 4.79 Å². The van der Waals surface area contributed by atoms with Gasteiger partial charge >= 0.3 is 5.97 Å². The molecule has 0 atom stereocenters. The zero-order valence-electron chi connectivity index (χ0n) is 8.09. The maximum atomic E-state index is 13.1. The highest BCUT2D eigenvalue weighted by atomic mass is 79.9. The normalized spacial score (nSPS) is 10.1. The summed E-state index contributed by atoms with van der Waals surface area (Å²) in [6.07, 6.45) is 0.565. The number of rotatable bonds is 3. The Bertz CT molecular complexity index is 356. The molecule has 0 saturated carbocycles. The van der Waals surface area contributed by atoms with E-state index < -0.39 is 11.6 Å². The van der Waals surface area contributed by atoms with Crippen molar-refractivity contribution in [3.05, 3.63) is 28.0 Å². The van der Waals surface area contributed by atoms with Crippen molar-refractivity contribution in [2.24, 2.45) is 0 Å². The van der Waals surface area contributed by atoms with Gasteiger partial charge in [-0.05, 0) is 40.0 Å². The molecule has 0 aromatic heterocycles. The lowest BCUT2D eigenvalue weighted by molar-refractivity contribution is -0.140. The number of benzene rings is 1. The van der Waals surface area contributed by atoms with Crippen LogP contribution in [0.3, 0.4) is 0 Å². The molecule has 0 saturated heterocycles. The van der Waals surface area contributed by atoms with Crippen molar-refractivity contribution in [1.82, 2.24) is 0 Å². The van der Waals surface area contributed by atoms with E-state index in [0.717, 1.165) is 0 Å². The van der Waals surface area contributed by atoms with Crippen molar-refractivity contribution < 1.29 is 19.0 Å². The van der Waals surface area contributed by atoms with E-state index in [0.29, 0.717) is 12.0 Å². The minimum absolute atomic E-state index is 0.188. The Morgan fingerprint density at radius 2 is 2.27 bits per heavy atom. The van der Waals surface area contributed by atoms with Crippen molar-refractivity contribution in [3.8, 4) is 5.75 Å². The lowest BCUT2D eigenvalue weighted by Gasteiger charge is -2.04. The smallest absolute Gasteiger partial charge is 0.305 e. The highest BCUT2D eigenvalue weighted by Gasteiger charge is 2.09. The number of hydrogen-bond donors (Lipinski definition) is 1. The highest BCUT2D eigenvalue weighted by molar-refractivity contribution is 9.10. The predicted octanol–water partition coefficient (Wildman–Crippen LogP) is 2.40. The molecular weight excluding hydrogens is 267 g/mol. The molecule has 0 spiro atoms. The van der Waals surface area contributed by atoms with E-state index in [1.54, 1.807) is 6.07 Å². The van der Waals surface area contributed by atoms with Gasteiger partial charge in [-0.15, -0.1) is 0 Å². The Morgan fingerprint density at radius 1 is 1.60 bits per heavy atom. The number of aromatic hydroxyl groups is 1. The monoisotopic (exact) mass is 276 g/mol. The Labute approximate surface area is 95.0 Å². The molecule has 0 radical (unpaired) electrons. The molecule has 0 heterocycles. The number of methoxy groups -OCH3 is 1. The largest absolute Gasteiger partial charge is 0.504 e. The van der Waals surface area contributed by atoms with Crippen molar-refractivity contribution in [3.63, 3.8) is 0 Å². The molecule has 82 valence electrons. The first kappa shape index (κ1) is 12.0. The molecule has 0 aliphatic carbocycles. The molecule has 1 aromatic rings. The van der Waals surface area contributed by atoms with E-state index in [1.807, 2.05) is 0 Å². The van der Waals surface area contributed by atoms with Crippen LogP contribution < -0.4 is 0 Å². The first-order valence-electron chi connectivity index (χ1n) is 4.28. The Balaban J connectivity index is 2.75. The molecule has 15 heavy (non-hydrogen) atoms. The van der Waals surface area contributed by atoms with Gasteiger partial charge in [-0.1, -0.05) is 0 Å². The Hall–Kier alpha value is -1.10. The summed E-state index contributed by atoms with van der Waals surface area (Å²) in [7, 11) is 1.30. The first-order chi connectivity index (χ1) is 7.04. The van der Waals surface area contributed by atoms with Gasteiger partial charge in [0.2, 0.25) is 0 Å². The highest BCUT2D eigenvalue weighted by Crippen LogP contribution is 2.28. The minimum atomic E-state index is -0.704. The van der Waals surface area contributed by atoms with Crippen LogP contribution in [0.1, 0.15) is 12.0 Å². The summed E-state index contributed by atoms with van der Waals surface area (Å²) >= 11 is 3.01. The summed E-state index contributed by atoms with van der Waals surface area (Å²) in [6, 6.07) is 2.77. The maximum Gasteiger partial charge on any atom is 0.305 e. The van der Waals surface area contributed by atoms with Gasteiger partial charge in [-0.25, -0.2) is 4.39 Å². The SMILES string of the molecule is COC(=O)CCc1cc(F)c(O)c(Br)c1. The molecular formula is C10H10BrFO3. The molecule has 0 aliphatic heterocycles. The Kier molecular flexibility index (Phi) is 4.08. The van der Waals surface area contributed by atoms with Crippen LogP contribution in [-0.4, -0.2) is 18.2 Å². The number of phenols is 1. The molecule has 5 heteroatoms. The zero-order valence-corrected chi connectivity index (χ0v) is 9.67. The van der Waals surface area contributed by atoms with Crippen LogP contribution in [0.15, 0.2) is 16.6 Å². The third-order valence-electron chi connectivity index (χ3n) is 1.92. The van der Waals surface area contributed by atoms with E-state index in [2.05, 4.69) is 20.7 Å². The summed E-state index contributed by atoms with van der Waals surface area (Å²) in [6.45, 7) is 0. The quantitative estimate of drug-likeness (QED) is 0.863. The predicted molar refractivity (Wildman–Crippen MR) is 56.1 cm³/mol. The fraction of sp³-hybridized carbons (Fsp3) is 0.300. The number of phenolic OH excluding ortho intramolecular Hbond substituents is 1. The van der Waals surface area contributed by atoms with Crippen LogP contribution in [0.25, 0.3) is 0 Å². The summed E-state index contributed by atoms with van der Waals surface area (Å²) < 4.78 is 17.8. The van der Waals surface area contributed by atoms with Crippen LogP contribution in [-0.2, 0) is 16.0 Å². The van der Waals surface area contributed by atoms with Gasteiger partial charge in [0.15, 0.2) is 11.6 Å². The number of ether oxygens (including phenoxy) is 1. The summed E-state index contributed by atoms with van der Waals surface area (Å²) in [5.74, 6) is -1.47. The summed E-state index contributed by atoms with van der Waals surface area (Å²) in [5.41, 5.74) is 0.627. The number of halogens is 2. The summed E-state index contributed by atoms with van der Waals surface area (Å²) in [5, 5.41) is 9.14. The molecule has 0 bridgehead atoms. The van der Waals surface area contributed by atoms with Crippen molar-refractivity contribution in [2.75, 3.05) is 7.11 Å². The fourth-order valence-electron chi connectivity index (χ4n) is 1.11. The molecule has 0 aliphatic rings. The van der Waals surface area contributed by atoms with Gasteiger partial charge in [0, 0.05) is 6.42 Å². The van der Waals surface area contributed by atoms with Gasteiger partial charge in [0.1, 0.15) is 0 Å². The molecule has 0 unspecified atom stereocenters. The van der Waals surface area contributed by atoms with Crippen molar-refractivity contribution in [1.29, 1.82) is 0 Å². The van der Waals surface area contributed by atoms with E-state index in [1.165, 1.54) is 13.2 Å². The third kappa shape index (κ3) is 3.20. The first-order valence-corrected chi connectivity index (χ1v) is 5.07. The topological polar surface area (TPSA) is 46.5 Å². The zero-order chi connectivity index (χ0) is 11.4. The molecule has 0 fully saturated rings. The molecule has 1 rings (SSSR count). The van der Waals surface area contributed by atoms with Gasteiger partial charge in [0.05, 0.1) is 11.6 Å². The van der Waals surface area contributed by atoms with E-state index in [9.17, 15) is 9.18 Å². The second-order valence-corrected chi connectivity index (χ2v) is 3.84. The lowest BCUT2D eigenvalue weighted by atomic mass is 10.1. The number of carbonyl (C=O) groups is 1. The molecule has 3 nitrogen and oxygen atoms in total. The van der Waals surface area contributed by atoms with Crippen molar-refractivity contribution >= 4 is 21.9 Å². The van der Waals surface area contributed by atoms with Gasteiger partial charge < -0.3 is 9.84 Å². The van der Waals surface area contributed by atoms with E-state index >= 15 is 0 Å². The lowest BCUT2D eigenvalue weighted by Crippen LogP contribution is -2.02. The van der Waals surface area contributed by atoms with Gasteiger partial charge in [0.25, 0.3) is 0 Å². The second kappa shape index (κ2) is 5.11. The van der Waals surface area contributed by atoms with E-state index in [4.69, 9.17) is 5.11 Å². The Morgan fingerprint density at radius 3 is 2.80 bits per heavy atom. The van der Waals surface area contributed by atoms with Crippen molar-refractivity contribution in [2.45, 2.75) is 12.8 Å². The number of hydrogen-bond acceptors (Lipinski definition) is 3. The number of aryl methyl sites for hydroxylation is 1. The minimum Gasteiger partial charge on any atom is -0.504 e. The average molecular weight is 277 g/mol. The van der Waals surface area contributed by atoms with Crippen LogP contribution in [0, 0.1) is 5.82 Å². The fourth-order valence-corrected chi connectivity index (χ4v) is 1.59. The standard InChI is InChI=1S/C10H10BrFO3/c1-15-9(13)3-2-6-4-7(11)10(14)8(12)5-6/h4-5,14H,2-3H2,1H3. The van der Waals surface area contributed by atoms with Crippen LogP contribution in [0.2, 0.25) is 0 Å². The molecule has 1 N–H and O–H groups in total. The molecule has 1 aromatic carbocycles. The summed E-state index contributed by atoms with van der Waals surface area (Å²) in [4.78, 5) is 10.8. The van der Waals surface area contributed by atoms with Crippen LogP contribution in [0.5, 0.6) is 5.75 Å². The van der Waals surface area contributed by atoms with E-state index in [-0.39, 0.29) is 16.9 Å². The second-order valence-electron chi connectivity index (χ2n) is 2.98. The molecule has 0 amide bonds. The third-order valence-corrected chi connectivity index (χ3v) is 2.53. The average Bonchev–Trinajstić information content (AvgIpc) is 2.22. The van der Waals surface area contributed by atoms with Crippen LogP contribution >= 0.6 is 15.9 Å².